The summed E-state index contributed by atoms with van der Waals surface area (Å²) in [6.07, 6.45) is 5.08. The molecule has 4 heteroatoms. The average Bonchev–Trinajstić information content (AvgIpc) is 2.38. The maximum Gasteiger partial charge on any atom is 0.225 e. The van der Waals surface area contributed by atoms with Crippen molar-refractivity contribution in [2.24, 2.45) is 5.41 Å². The molecule has 0 amide bonds. The molecule has 1 aromatic rings. The fraction of sp³-hybridized carbons (Fsp3) is 0.600. The maximum atomic E-state index is 9.14. The second-order valence-corrected chi connectivity index (χ2v) is 6.11. The number of aryl methyl sites for hydroxylation is 1. The number of nitrogens with zero attached hydrogens (tertiary/aromatic N) is 3. The second-order valence-electron chi connectivity index (χ2n) is 6.11. The minimum absolute atomic E-state index is 0.000187. The highest BCUT2D eigenvalue weighted by molar-refractivity contribution is 5.37. The molecule has 0 saturated carbocycles. The van der Waals surface area contributed by atoms with Crippen molar-refractivity contribution < 1.29 is 5.11 Å². The van der Waals surface area contributed by atoms with Gasteiger partial charge in [-0.05, 0) is 18.8 Å². The summed E-state index contributed by atoms with van der Waals surface area (Å²) in [6, 6.07) is 0. The van der Waals surface area contributed by atoms with E-state index < -0.39 is 0 Å². The van der Waals surface area contributed by atoms with Crippen LogP contribution < -0.4 is 4.90 Å². The Hall–Kier alpha value is -1.42. The van der Waals surface area contributed by atoms with E-state index in [2.05, 4.69) is 41.7 Å². The molecule has 0 bridgehead atoms. The lowest BCUT2D eigenvalue weighted by Gasteiger charge is -2.32. The number of aliphatic hydroxyl groups is 1. The summed E-state index contributed by atoms with van der Waals surface area (Å²) in [6.45, 7) is 10.5. The number of aromatic nitrogens is 2. The Morgan fingerprint density at radius 1 is 1.37 bits per heavy atom. The van der Waals surface area contributed by atoms with Crippen molar-refractivity contribution >= 4 is 5.95 Å². The molecule has 0 aliphatic carbocycles. The van der Waals surface area contributed by atoms with Gasteiger partial charge >= 0.3 is 0 Å². The van der Waals surface area contributed by atoms with Gasteiger partial charge in [0, 0.05) is 30.5 Å². The fourth-order valence-corrected chi connectivity index (χ4v) is 2.32. The average molecular weight is 261 g/mol. The van der Waals surface area contributed by atoms with Gasteiger partial charge < -0.3 is 10.0 Å². The SMILES string of the molecule is Cc1nc(N2CC=C(C(C)(C)C)CC2)ncc1CO. The zero-order valence-corrected chi connectivity index (χ0v) is 12.3. The third-order valence-electron chi connectivity index (χ3n) is 3.69. The van der Waals surface area contributed by atoms with Crippen LogP contribution in [-0.2, 0) is 6.61 Å². The first-order valence-electron chi connectivity index (χ1n) is 6.79. The van der Waals surface area contributed by atoms with Crippen LogP contribution in [0.25, 0.3) is 0 Å². The Kier molecular flexibility index (Phi) is 3.90. The van der Waals surface area contributed by atoms with Crippen molar-refractivity contribution in [2.75, 3.05) is 18.0 Å². The number of anilines is 1. The molecule has 0 aromatic carbocycles. The molecular formula is C15H23N3O. The van der Waals surface area contributed by atoms with Crippen LogP contribution in [0.4, 0.5) is 5.95 Å². The Morgan fingerprint density at radius 2 is 2.11 bits per heavy atom. The van der Waals surface area contributed by atoms with Crippen LogP contribution >= 0.6 is 0 Å². The quantitative estimate of drug-likeness (QED) is 0.831. The van der Waals surface area contributed by atoms with Crippen LogP contribution in [-0.4, -0.2) is 28.2 Å². The van der Waals surface area contributed by atoms with Crippen molar-refractivity contribution in [3.63, 3.8) is 0 Å². The first-order valence-corrected chi connectivity index (χ1v) is 6.79. The van der Waals surface area contributed by atoms with E-state index in [1.54, 1.807) is 6.20 Å². The van der Waals surface area contributed by atoms with Gasteiger partial charge in [-0.1, -0.05) is 32.4 Å². The maximum absolute atomic E-state index is 9.14. The Bertz CT molecular complexity index is 489. The summed E-state index contributed by atoms with van der Waals surface area (Å²) < 4.78 is 0. The second kappa shape index (κ2) is 5.29. The summed E-state index contributed by atoms with van der Waals surface area (Å²) in [5.41, 5.74) is 3.42. The van der Waals surface area contributed by atoms with Gasteiger partial charge in [-0.25, -0.2) is 9.97 Å². The van der Waals surface area contributed by atoms with Gasteiger partial charge in [0.15, 0.2) is 0 Å². The first kappa shape index (κ1) is 14.0. The van der Waals surface area contributed by atoms with Crippen LogP contribution in [0.15, 0.2) is 17.8 Å². The van der Waals surface area contributed by atoms with Gasteiger partial charge in [0.05, 0.1) is 6.61 Å². The Labute approximate surface area is 115 Å². The topological polar surface area (TPSA) is 49.2 Å². The van der Waals surface area contributed by atoms with Gasteiger partial charge in [-0.2, -0.15) is 0 Å². The minimum Gasteiger partial charge on any atom is -0.392 e. The molecule has 19 heavy (non-hydrogen) atoms. The molecule has 2 heterocycles. The minimum atomic E-state index is 0.000187. The van der Waals surface area contributed by atoms with Crippen LogP contribution in [0.1, 0.15) is 38.4 Å². The smallest absolute Gasteiger partial charge is 0.225 e. The molecule has 0 saturated heterocycles. The first-order chi connectivity index (χ1) is 8.91. The molecular weight excluding hydrogens is 238 g/mol. The lowest BCUT2D eigenvalue weighted by Crippen LogP contribution is -2.32. The summed E-state index contributed by atoms with van der Waals surface area (Å²) in [5, 5.41) is 9.14. The van der Waals surface area contributed by atoms with E-state index >= 15 is 0 Å². The van der Waals surface area contributed by atoms with Crippen molar-refractivity contribution in [1.29, 1.82) is 0 Å². The summed E-state index contributed by atoms with van der Waals surface area (Å²) >= 11 is 0. The van der Waals surface area contributed by atoms with Crippen LogP contribution in [0, 0.1) is 12.3 Å². The molecule has 4 nitrogen and oxygen atoms in total. The summed E-state index contributed by atoms with van der Waals surface area (Å²) in [7, 11) is 0. The standard InChI is InChI=1S/C15H23N3O/c1-11-12(10-19)9-16-14(17-11)18-7-5-13(6-8-18)15(2,3)4/h5,9,19H,6-8,10H2,1-4H3. The molecule has 1 aliphatic heterocycles. The number of aliphatic hydroxyl groups excluding tert-OH is 1. The normalized spacial score (nSPS) is 16.5. The largest absolute Gasteiger partial charge is 0.392 e. The highest BCUT2D eigenvalue weighted by Crippen LogP contribution is 2.30. The van der Waals surface area contributed by atoms with E-state index in [1.807, 2.05) is 6.92 Å². The van der Waals surface area contributed by atoms with Crippen LogP contribution in [0.3, 0.4) is 0 Å². The van der Waals surface area contributed by atoms with E-state index in [9.17, 15) is 0 Å². The van der Waals surface area contributed by atoms with E-state index in [4.69, 9.17) is 5.11 Å². The zero-order valence-electron chi connectivity index (χ0n) is 12.3. The molecule has 0 fully saturated rings. The van der Waals surface area contributed by atoms with Crippen molar-refractivity contribution in [3.8, 4) is 0 Å². The Morgan fingerprint density at radius 3 is 2.58 bits per heavy atom. The Balaban J connectivity index is 2.14. The van der Waals surface area contributed by atoms with Gasteiger partial charge in [0.1, 0.15) is 0 Å². The van der Waals surface area contributed by atoms with E-state index in [1.165, 1.54) is 5.57 Å². The van der Waals surface area contributed by atoms with Gasteiger partial charge in [-0.3, -0.25) is 0 Å². The van der Waals surface area contributed by atoms with Gasteiger partial charge in [0.2, 0.25) is 5.95 Å². The van der Waals surface area contributed by atoms with Crippen molar-refractivity contribution in [1.82, 2.24) is 9.97 Å². The summed E-state index contributed by atoms with van der Waals surface area (Å²) in [5.74, 6) is 0.763. The fourth-order valence-electron chi connectivity index (χ4n) is 2.32. The van der Waals surface area contributed by atoms with Crippen molar-refractivity contribution in [2.45, 2.75) is 40.7 Å². The zero-order chi connectivity index (χ0) is 14.0. The predicted molar refractivity (Wildman–Crippen MR) is 77.1 cm³/mol. The monoisotopic (exact) mass is 261 g/mol. The highest BCUT2D eigenvalue weighted by Gasteiger charge is 2.22. The van der Waals surface area contributed by atoms with E-state index in [-0.39, 0.29) is 12.0 Å². The number of hydrogen-bond acceptors (Lipinski definition) is 4. The van der Waals surface area contributed by atoms with E-state index in [0.717, 1.165) is 36.7 Å². The lowest BCUT2D eigenvalue weighted by molar-refractivity contribution is 0.280. The number of hydrogen-bond donors (Lipinski definition) is 1. The van der Waals surface area contributed by atoms with Gasteiger partial charge in [-0.15, -0.1) is 0 Å². The third-order valence-corrected chi connectivity index (χ3v) is 3.69. The van der Waals surface area contributed by atoms with Crippen molar-refractivity contribution in [3.05, 3.63) is 29.1 Å². The number of rotatable bonds is 2. The molecule has 2 rings (SSSR count). The molecule has 0 atom stereocenters. The van der Waals surface area contributed by atoms with Crippen LogP contribution in [0.5, 0.6) is 0 Å². The molecule has 1 aromatic heterocycles. The molecule has 0 radical (unpaired) electrons. The predicted octanol–water partition coefficient (Wildman–Crippen LogP) is 2.46. The molecule has 0 spiro atoms. The lowest BCUT2D eigenvalue weighted by atomic mass is 9.83. The molecule has 1 aliphatic rings. The third kappa shape index (κ3) is 3.13. The molecule has 0 unspecified atom stereocenters. The highest BCUT2D eigenvalue weighted by atomic mass is 16.3. The van der Waals surface area contributed by atoms with Crippen LogP contribution in [0.2, 0.25) is 0 Å². The molecule has 104 valence electrons. The summed E-state index contributed by atoms with van der Waals surface area (Å²) in [4.78, 5) is 11.0. The molecule has 1 N–H and O–H groups in total. The van der Waals surface area contributed by atoms with E-state index in [0.29, 0.717) is 0 Å². The van der Waals surface area contributed by atoms with Gasteiger partial charge in [0.25, 0.3) is 0 Å².